The first-order valence-corrected chi connectivity index (χ1v) is 7.25. The molecule has 18 heavy (non-hydrogen) atoms. The zero-order chi connectivity index (χ0) is 13.0. The van der Waals surface area contributed by atoms with Crippen LogP contribution in [0.2, 0.25) is 0 Å². The Balaban J connectivity index is 1.86. The molecule has 2 N–H and O–H groups in total. The van der Waals surface area contributed by atoms with Gasteiger partial charge in [-0.05, 0) is 49.9 Å². The van der Waals surface area contributed by atoms with Crippen LogP contribution in [0.25, 0.3) is 0 Å². The molecule has 1 aromatic rings. The summed E-state index contributed by atoms with van der Waals surface area (Å²) in [6.45, 7) is 7.95. The van der Waals surface area contributed by atoms with Gasteiger partial charge in [-0.3, -0.25) is 4.90 Å². The molecule has 1 atom stereocenters. The van der Waals surface area contributed by atoms with E-state index in [0.717, 1.165) is 12.5 Å². The highest BCUT2D eigenvalue weighted by atomic mass is 15.1. The Morgan fingerprint density at radius 1 is 1.22 bits per heavy atom. The topological polar surface area (TPSA) is 29.3 Å². The van der Waals surface area contributed by atoms with E-state index in [2.05, 4.69) is 36.1 Å². The third-order valence-corrected chi connectivity index (χ3v) is 4.20. The van der Waals surface area contributed by atoms with Crippen molar-refractivity contribution in [3.8, 4) is 0 Å². The van der Waals surface area contributed by atoms with Crippen LogP contribution in [-0.2, 0) is 6.54 Å². The minimum atomic E-state index is 0.138. The van der Waals surface area contributed by atoms with E-state index in [-0.39, 0.29) is 6.04 Å². The van der Waals surface area contributed by atoms with Crippen LogP contribution in [0, 0.1) is 5.92 Å². The van der Waals surface area contributed by atoms with Crippen LogP contribution in [0.1, 0.15) is 50.3 Å². The largest absolute Gasteiger partial charge is 0.324 e. The van der Waals surface area contributed by atoms with E-state index in [9.17, 15) is 0 Å². The van der Waals surface area contributed by atoms with E-state index in [0.29, 0.717) is 0 Å². The molecule has 0 radical (unpaired) electrons. The molecule has 1 aliphatic heterocycles. The van der Waals surface area contributed by atoms with Crippen molar-refractivity contribution < 1.29 is 0 Å². The number of nitrogens with two attached hydrogens (primary N) is 1. The summed E-state index contributed by atoms with van der Waals surface area (Å²) in [5.74, 6) is 0.960. The van der Waals surface area contributed by atoms with E-state index in [1.54, 1.807) is 0 Å². The summed E-state index contributed by atoms with van der Waals surface area (Å²) in [6, 6.07) is 8.92. The molecule has 1 heterocycles. The van der Waals surface area contributed by atoms with Gasteiger partial charge in [0.2, 0.25) is 0 Å². The number of likely N-dealkylation sites (tertiary alicyclic amines) is 1. The van der Waals surface area contributed by atoms with Crippen LogP contribution in [-0.4, -0.2) is 18.0 Å². The van der Waals surface area contributed by atoms with Crippen molar-refractivity contribution >= 4 is 0 Å². The van der Waals surface area contributed by atoms with Gasteiger partial charge in [0.05, 0.1) is 0 Å². The maximum Gasteiger partial charge on any atom is 0.0266 e. The first-order valence-electron chi connectivity index (χ1n) is 7.25. The average molecular weight is 246 g/mol. The van der Waals surface area contributed by atoms with Crippen molar-refractivity contribution in [3.63, 3.8) is 0 Å². The lowest BCUT2D eigenvalue weighted by Gasteiger charge is -2.31. The second-order valence-corrected chi connectivity index (χ2v) is 5.66. The maximum atomic E-state index is 5.87. The molecule has 1 fully saturated rings. The van der Waals surface area contributed by atoms with Gasteiger partial charge in [-0.25, -0.2) is 0 Å². The molecule has 1 saturated heterocycles. The second kappa shape index (κ2) is 6.35. The summed E-state index contributed by atoms with van der Waals surface area (Å²) in [4.78, 5) is 2.58. The molecule has 0 aliphatic carbocycles. The van der Waals surface area contributed by atoms with Crippen LogP contribution in [0.5, 0.6) is 0 Å². The lowest BCUT2D eigenvalue weighted by molar-refractivity contribution is 0.175. The SMILES string of the molecule is CCC1CCN(Cc2ccc(C(C)N)cc2)CC1. The Labute approximate surface area is 111 Å². The van der Waals surface area contributed by atoms with Crippen LogP contribution in [0.15, 0.2) is 24.3 Å². The van der Waals surface area contributed by atoms with Gasteiger partial charge in [0.25, 0.3) is 0 Å². The van der Waals surface area contributed by atoms with Gasteiger partial charge in [-0.15, -0.1) is 0 Å². The molecule has 1 unspecified atom stereocenters. The zero-order valence-corrected chi connectivity index (χ0v) is 11.7. The van der Waals surface area contributed by atoms with Gasteiger partial charge in [-0.1, -0.05) is 37.6 Å². The summed E-state index contributed by atoms with van der Waals surface area (Å²) in [6.07, 6.45) is 4.08. The van der Waals surface area contributed by atoms with Crippen LogP contribution in [0.3, 0.4) is 0 Å². The number of piperidine rings is 1. The minimum Gasteiger partial charge on any atom is -0.324 e. The van der Waals surface area contributed by atoms with Crippen molar-refractivity contribution in [2.24, 2.45) is 11.7 Å². The molecular formula is C16H26N2. The van der Waals surface area contributed by atoms with Crippen molar-refractivity contribution in [2.45, 2.75) is 45.7 Å². The van der Waals surface area contributed by atoms with Crippen molar-refractivity contribution in [1.82, 2.24) is 4.90 Å². The number of benzene rings is 1. The summed E-state index contributed by atoms with van der Waals surface area (Å²) >= 11 is 0. The average Bonchev–Trinajstić information content (AvgIpc) is 2.40. The molecule has 2 rings (SSSR count). The summed E-state index contributed by atoms with van der Waals surface area (Å²) < 4.78 is 0. The minimum absolute atomic E-state index is 0.138. The molecule has 1 aliphatic rings. The fourth-order valence-electron chi connectivity index (χ4n) is 2.74. The van der Waals surface area contributed by atoms with E-state index in [1.807, 2.05) is 6.92 Å². The Hall–Kier alpha value is -0.860. The summed E-state index contributed by atoms with van der Waals surface area (Å²) in [7, 11) is 0. The molecule has 2 heteroatoms. The smallest absolute Gasteiger partial charge is 0.0266 e. The highest BCUT2D eigenvalue weighted by molar-refractivity contribution is 5.24. The Kier molecular flexibility index (Phi) is 4.79. The Bertz CT molecular complexity index is 348. The molecule has 1 aromatic carbocycles. The first kappa shape index (κ1) is 13.6. The third kappa shape index (κ3) is 3.56. The molecule has 100 valence electrons. The van der Waals surface area contributed by atoms with Gasteiger partial charge < -0.3 is 5.73 Å². The number of hydrogen-bond donors (Lipinski definition) is 1. The fraction of sp³-hybridized carbons (Fsp3) is 0.625. The third-order valence-electron chi connectivity index (χ3n) is 4.20. The molecular weight excluding hydrogens is 220 g/mol. The van der Waals surface area contributed by atoms with Crippen LogP contribution in [0.4, 0.5) is 0 Å². The van der Waals surface area contributed by atoms with Gasteiger partial charge in [-0.2, -0.15) is 0 Å². The quantitative estimate of drug-likeness (QED) is 0.883. The first-order chi connectivity index (χ1) is 8.69. The van der Waals surface area contributed by atoms with Crippen molar-refractivity contribution in [1.29, 1.82) is 0 Å². The Morgan fingerprint density at radius 3 is 2.33 bits per heavy atom. The maximum absolute atomic E-state index is 5.87. The van der Waals surface area contributed by atoms with E-state index in [1.165, 1.54) is 43.5 Å². The molecule has 0 spiro atoms. The Morgan fingerprint density at radius 2 is 1.83 bits per heavy atom. The van der Waals surface area contributed by atoms with Gasteiger partial charge in [0, 0.05) is 12.6 Å². The van der Waals surface area contributed by atoms with E-state index < -0.39 is 0 Å². The monoisotopic (exact) mass is 246 g/mol. The second-order valence-electron chi connectivity index (χ2n) is 5.66. The lowest BCUT2D eigenvalue weighted by Crippen LogP contribution is -2.32. The van der Waals surface area contributed by atoms with E-state index in [4.69, 9.17) is 5.73 Å². The molecule has 0 amide bonds. The highest BCUT2D eigenvalue weighted by Crippen LogP contribution is 2.21. The predicted octanol–water partition coefficient (Wildman–Crippen LogP) is 3.33. The van der Waals surface area contributed by atoms with Crippen molar-refractivity contribution in [2.75, 3.05) is 13.1 Å². The summed E-state index contributed by atoms with van der Waals surface area (Å²) in [5, 5.41) is 0. The zero-order valence-electron chi connectivity index (χ0n) is 11.7. The summed E-state index contributed by atoms with van der Waals surface area (Å²) in [5.41, 5.74) is 8.51. The molecule has 2 nitrogen and oxygen atoms in total. The van der Waals surface area contributed by atoms with Crippen molar-refractivity contribution in [3.05, 3.63) is 35.4 Å². The number of nitrogens with zero attached hydrogens (tertiary/aromatic N) is 1. The van der Waals surface area contributed by atoms with Gasteiger partial charge >= 0.3 is 0 Å². The lowest BCUT2D eigenvalue weighted by atomic mass is 9.94. The van der Waals surface area contributed by atoms with Gasteiger partial charge in [0.1, 0.15) is 0 Å². The predicted molar refractivity (Wildman–Crippen MR) is 77.3 cm³/mol. The van der Waals surface area contributed by atoms with Gasteiger partial charge in [0.15, 0.2) is 0 Å². The van der Waals surface area contributed by atoms with Crippen LogP contribution < -0.4 is 5.73 Å². The fourth-order valence-corrected chi connectivity index (χ4v) is 2.74. The molecule has 0 saturated carbocycles. The van der Waals surface area contributed by atoms with E-state index >= 15 is 0 Å². The standard InChI is InChI=1S/C16H26N2/c1-3-14-8-10-18(11-9-14)12-15-4-6-16(7-5-15)13(2)17/h4-7,13-14H,3,8-12,17H2,1-2H3. The number of rotatable bonds is 4. The van der Waals surface area contributed by atoms with Crippen LogP contribution >= 0.6 is 0 Å². The normalized spacial score (nSPS) is 19.9. The molecule has 0 aromatic heterocycles. The molecule has 0 bridgehead atoms. The highest BCUT2D eigenvalue weighted by Gasteiger charge is 2.17. The number of hydrogen-bond acceptors (Lipinski definition) is 2.